The molecule has 3 aromatic heterocycles. The van der Waals surface area contributed by atoms with Crippen molar-refractivity contribution in [3.8, 4) is 22.3 Å². The topological polar surface area (TPSA) is 82.4 Å². The molecule has 3 aromatic rings. The van der Waals surface area contributed by atoms with Gasteiger partial charge in [-0.25, -0.2) is 4.98 Å². The van der Waals surface area contributed by atoms with Gasteiger partial charge in [0.2, 0.25) is 5.88 Å². The molecule has 0 amide bonds. The van der Waals surface area contributed by atoms with Crippen LogP contribution in [0.5, 0.6) is 11.8 Å². The average molecular weight is 341 g/mol. The van der Waals surface area contributed by atoms with E-state index < -0.39 is 0 Å². The van der Waals surface area contributed by atoms with Crippen LogP contribution in [0.4, 0.5) is 0 Å². The van der Waals surface area contributed by atoms with Crippen molar-refractivity contribution in [3.63, 3.8) is 0 Å². The highest BCUT2D eigenvalue weighted by Gasteiger charge is 2.12. The lowest BCUT2D eigenvalue weighted by molar-refractivity contribution is 0.317. The van der Waals surface area contributed by atoms with E-state index in [4.69, 9.17) is 9.57 Å². The zero-order valence-corrected chi connectivity index (χ0v) is 14.2. The minimum Gasteiger partial charge on any atom is -0.480 e. The second kappa shape index (κ2) is 7.14. The minimum atomic E-state index is 0.296. The Balaban J connectivity index is 1.79. The molecule has 0 aliphatic carbocycles. The van der Waals surface area contributed by atoms with Gasteiger partial charge in [-0.3, -0.25) is 4.98 Å². The van der Waals surface area contributed by atoms with Crippen molar-refractivity contribution >= 4 is 17.0 Å². The van der Waals surface area contributed by atoms with Crippen LogP contribution >= 0.6 is 11.3 Å². The molecule has 0 aromatic carbocycles. The van der Waals surface area contributed by atoms with E-state index >= 15 is 0 Å². The number of oxime groups is 1. The highest BCUT2D eigenvalue weighted by atomic mass is 32.1. The molecule has 122 valence electrons. The van der Waals surface area contributed by atoms with Crippen LogP contribution in [0.1, 0.15) is 17.5 Å². The van der Waals surface area contributed by atoms with Gasteiger partial charge in [-0.2, -0.15) is 0 Å². The molecule has 3 heterocycles. The summed E-state index contributed by atoms with van der Waals surface area (Å²) in [7, 11) is 1.53. The fraction of sp³-hybridized carbons (Fsp3) is 0.188. The highest BCUT2D eigenvalue weighted by Crippen LogP contribution is 2.27. The van der Waals surface area contributed by atoms with Gasteiger partial charge in [-0.15, -0.1) is 21.5 Å². The monoisotopic (exact) mass is 341 g/mol. The predicted molar refractivity (Wildman–Crippen MR) is 91.5 cm³/mol. The zero-order chi connectivity index (χ0) is 16.9. The molecule has 0 N–H and O–H groups in total. The van der Waals surface area contributed by atoms with Crippen LogP contribution in [-0.4, -0.2) is 33.0 Å². The predicted octanol–water partition coefficient (Wildman–Crippen LogP) is 3.12. The molecule has 7 nitrogen and oxygen atoms in total. The van der Waals surface area contributed by atoms with Gasteiger partial charge in [0.05, 0.1) is 23.4 Å². The summed E-state index contributed by atoms with van der Waals surface area (Å²) in [5, 5.41) is 12.7. The molecule has 0 radical (unpaired) electrons. The SMILES string of the molecule is COc1ccc(O/N=C(\C)c2sc(-c3cccnc3)nc2C)nn1. The van der Waals surface area contributed by atoms with Crippen molar-refractivity contribution in [2.45, 2.75) is 13.8 Å². The molecule has 0 fully saturated rings. The Morgan fingerprint density at radius 1 is 1.17 bits per heavy atom. The highest BCUT2D eigenvalue weighted by molar-refractivity contribution is 7.17. The second-order valence-corrected chi connectivity index (χ2v) is 5.86. The Hall–Kier alpha value is -2.87. The van der Waals surface area contributed by atoms with Crippen molar-refractivity contribution in [1.82, 2.24) is 20.2 Å². The lowest BCUT2D eigenvalue weighted by Gasteiger charge is -2.00. The van der Waals surface area contributed by atoms with Crippen LogP contribution in [0.3, 0.4) is 0 Å². The van der Waals surface area contributed by atoms with Crippen LogP contribution in [0.15, 0.2) is 41.8 Å². The fourth-order valence-electron chi connectivity index (χ4n) is 1.97. The van der Waals surface area contributed by atoms with Crippen molar-refractivity contribution in [1.29, 1.82) is 0 Å². The molecule has 0 saturated heterocycles. The summed E-state index contributed by atoms with van der Waals surface area (Å²) in [5.41, 5.74) is 2.59. The lowest BCUT2D eigenvalue weighted by atomic mass is 10.3. The van der Waals surface area contributed by atoms with E-state index in [-0.39, 0.29) is 0 Å². The zero-order valence-electron chi connectivity index (χ0n) is 13.4. The number of rotatable bonds is 5. The van der Waals surface area contributed by atoms with Crippen molar-refractivity contribution in [3.05, 3.63) is 47.2 Å². The molecule has 0 bridgehead atoms. The Bertz CT molecular complexity index is 847. The quantitative estimate of drug-likeness (QED) is 0.524. The van der Waals surface area contributed by atoms with Gasteiger partial charge >= 0.3 is 0 Å². The Morgan fingerprint density at radius 2 is 1.96 bits per heavy atom. The molecule has 24 heavy (non-hydrogen) atoms. The Kier molecular flexibility index (Phi) is 4.76. The lowest BCUT2D eigenvalue weighted by Crippen LogP contribution is -1.99. The molecule has 0 aliphatic heterocycles. The summed E-state index contributed by atoms with van der Waals surface area (Å²) in [5.74, 6) is 0.715. The number of ether oxygens (including phenoxy) is 1. The number of methoxy groups -OCH3 is 1. The summed E-state index contributed by atoms with van der Waals surface area (Å²) >= 11 is 1.54. The van der Waals surface area contributed by atoms with Crippen LogP contribution in [-0.2, 0) is 0 Å². The molecule has 0 saturated carbocycles. The number of hydrogen-bond acceptors (Lipinski definition) is 8. The third-order valence-corrected chi connectivity index (χ3v) is 4.45. The van der Waals surface area contributed by atoms with Gasteiger partial charge in [0.15, 0.2) is 0 Å². The van der Waals surface area contributed by atoms with E-state index in [1.165, 1.54) is 7.11 Å². The first-order valence-corrected chi connectivity index (χ1v) is 7.96. The average Bonchev–Trinajstić information content (AvgIpc) is 3.03. The number of aryl methyl sites for hydroxylation is 1. The Labute approximate surface area is 143 Å². The summed E-state index contributed by atoms with van der Waals surface area (Å²) < 4.78 is 4.95. The van der Waals surface area contributed by atoms with E-state index in [1.54, 1.807) is 35.9 Å². The van der Waals surface area contributed by atoms with Gasteiger partial charge in [-0.05, 0) is 26.0 Å². The summed E-state index contributed by atoms with van der Waals surface area (Å²) in [6, 6.07) is 7.16. The summed E-state index contributed by atoms with van der Waals surface area (Å²) in [4.78, 5) is 15.0. The molecule has 0 aliphatic rings. The molecule has 0 atom stereocenters. The normalized spacial score (nSPS) is 11.4. The van der Waals surface area contributed by atoms with Crippen molar-refractivity contribution in [2.75, 3.05) is 7.11 Å². The first-order valence-electron chi connectivity index (χ1n) is 7.15. The van der Waals surface area contributed by atoms with E-state index in [2.05, 4.69) is 25.3 Å². The standard InChI is InChI=1S/C16H15N5O2S/c1-10-15(24-16(18-10)12-5-4-8-17-9-12)11(2)21-23-14-7-6-13(22-3)19-20-14/h4-9H,1-3H3/b21-11+. The van der Waals surface area contributed by atoms with E-state index in [9.17, 15) is 0 Å². The number of aromatic nitrogens is 4. The maximum atomic E-state index is 5.32. The van der Waals surface area contributed by atoms with Crippen LogP contribution in [0, 0.1) is 6.92 Å². The number of hydrogen-bond donors (Lipinski definition) is 0. The smallest absolute Gasteiger partial charge is 0.267 e. The third kappa shape index (κ3) is 3.54. The van der Waals surface area contributed by atoms with Gasteiger partial charge in [0, 0.05) is 30.1 Å². The van der Waals surface area contributed by atoms with Crippen molar-refractivity contribution < 1.29 is 9.57 Å². The van der Waals surface area contributed by atoms with Crippen molar-refractivity contribution in [2.24, 2.45) is 5.16 Å². The molecular formula is C16H15N5O2S. The summed E-state index contributed by atoms with van der Waals surface area (Å²) in [6.45, 7) is 3.81. The fourth-order valence-corrected chi connectivity index (χ4v) is 2.96. The Morgan fingerprint density at radius 3 is 2.62 bits per heavy atom. The second-order valence-electron chi connectivity index (χ2n) is 4.86. The maximum Gasteiger partial charge on any atom is 0.267 e. The largest absolute Gasteiger partial charge is 0.480 e. The van der Waals surface area contributed by atoms with Gasteiger partial charge in [-0.1, -0.05) is 5.16 Å². The maximum absolute atomic E-state index is 5.32. The van der Waals surface area contributed by atoms with E-state index in [0.717, 1.165) is 26.9 Å². The first-order chi connectivity index (χ1) is 11.7. The number of thiazole rings is 1. The molecule has 0 spiro atoms. The molecule has 0 unspecified atom stereocenters. The van der Waals surface area contributed by atoms with Crippen LogP contribution < -0.4 is 9.57 Å². The molecular weight excluding hydrogens is 326 g/mol. The van der Waals surface area contributed by atoms with Crippen LogP contribution in [0.25, 0.3) is 10.6 Å². The number of pyridine rings is 1. The molecule has 3 rings (SSSR count). The van der Waals surface area contributed by atoms with E-state index in [1.807, 2.05) is 26.0 Å². The number of nitrogens with zero attached hydrogens (tertiary/aromatic N) is 5. The first kappa shape index (κ1) is 16.0. The summed E-state index contributed by atoms with van der Waals surface area (Å²) in [6.07, 6.45) is 3.53. The van der Waals surface area contributed by atoms with E-state index in [0.29, 0.717) is 11.8 Å². The van der Waals surface area contributed by atoms with Gasteiger partial charge in [0.1, 0.15) is 5.01 Å². The van der Waals surface area contributed by atoms with Crippen LogP contribution in [0.2, 0.25) is 0 Å². The third-order valence-electron chi connectivity index (χ3n) is 3.13. The molecule has 8 heteroatoms. The van der Waals surface area contributed by atoms with Gasteiger partial charge in [0.25, 0.3) is 5.88 Å². The minimum absolute atomic E-state index is 0.296. The van der Waals surface area contributed by atoms with Gasteiger partial charge < -0.3 is 9.57 Å².